The molecule has 0 aromatic rings. The summed E-state index contributed by atoms with van der Waals surface area (Å²) in [4.78, 5) is 7.03. The number of unbranched alkanes of at least 4 members (excludes halogenated alkanes) is 1. The minimum atomic E-state index is 1.06. The maximum absolute atomic E-state index is 4.83. The van der Waals surface area contributed by atoms with Crippen LogP contribution in [-0.4, -0.2) is 38.4 Å². The van der Waals surface area contributed by atoms with Gasteiger partial charge >= 0.3 is 0 Å². The Labute approximate surface area is 88.1 Å². The topological polar surface area (TPSA) is 24.8 Å². The lowest BCUT2D eigenvalue weighted by Gasteiger charge is -2.09. The summed E-state index contributed by atoms with van der Waals surface area (Å²) in [5.74, 6) is 0. The Morgan fingerprint density at radius 1 is 1.21 bits per heavy atom. The molecule has 0 aromatic carbocycles. The second-order valence-corrected chi connectivity index (χ2v) is 3.85. The molecule has 14 heavy (non-hydrogen) atoms. The Kier molecular flexibility index (Phi) is 8.64. The summed E-state index contributed by atoms with van der Waals surface area (Å²) < 4.78 is 0. The fourth-order valence-corrected chi connectivity index (χ4v) is 1.33. The molecular formula is C11H24N2O. The van der Waals surface area contributed by atoms with Gasteiger partial charge < -0.3 is 9.74 Å². The number of nitrogens with zero attached hydrogens (tertiary/aromatic N) is 2. The molecule has 0 aliphatic rings. The van der Waals surface area contributed by atoms with Crippen LogP contribution in [0.5, 0.6) is 0 Å². The van der Waals surface area contributed by atoms with Crippen LogP contribution in [0.4, 0.5) is 0 Å². The number of oxime groups is 1. The summed E-state index contributed by atoms with van der Waals surface area (Å²) in [5, 5.41) is 4.06. The summed E-state index contributed by atoms with van der Waals surface area (Å²) in [5.41, 5.74) is 1.20. The molecule has 0 N–H and O–H groups in total. The van der Waals surface area contributed by atoms with E-state index in [4.69, 9.17) is 4.84 Å². The Morgan fingerprint density at radius 3 is 2.36 bits per heavy atom. The van der Waals surface area contributed by atoms with Crippen LogP contribution < -0.4 is 0 Å². The molecule has 0 radical (unpaired) electrons. The molecule has 0 aliphatic heterocycles. The van der Waals surface area contributed by atoms with Gasteiger partial charge in [0.15, 0.2) is 0 Å². The van der Waals surface area contributed by atoms with Crippen LogP contribution in [0.3, 0.4) is 0 Å². The van der Waals surface area contributed by atoms with Crippen molar-refractivity contribution in [3.05, 3.63) is 0 Å². The third kappa shape index (κ3) is 8.05. The van der Waals surface area contributed by atoms with Gasteiger partial charge in [0, 0.05) is 0 Å². The van der Waals surface area contributed by atoms with Crippen LogP contribution in [0.2, 0.25) is 0 Å². The summed E-state index contributed by atoms with van der Waals surface area (Å²) in [6, 6.07) is 0. The summed E-state index contributed by atoms with van der Waals surface area (Å²) >= 11 is 0. The zero-order valence-electron chi connectivity index (χ0n) is 10.0. The molecule has 3 heteroatoms. The van der Waals surface area contributed by atoms with Crippen LogP contribution >= 0.6 is 0 Å². The highest BCUT2D eigenvalue weighted by Crippen LogP contribution is 2.04. The first-order valence-electron chi connectivity index (χ1n) is 5.44. The van der Waals surface area contributed by atoms with Crippen molar-refractivity contribution in [3.8, 4) is 0 Å². The van der Waals surface area contributed by atoms with Gasteiger partial charge in [0.2, 0.25) is 0 Å². The molecule has 0 fully saturated rings. The van der Waals surface area contributed by atoms with Gasteiger partial charge in [-0.15, -0.1) is 0 Å². The van der Waals surface area contributed by atoms with Crippen molar-refractivity contribution in [1.29, 1.82) is 0 Å². The van der Waals surface area contributed by atoms with Crippen molar-refractivity contribution in [2.75, 3.05) is 27.7 Å². The summed E-state index contributed by atoms with van der Waals surface area (Å²) in [7, 11) is 5.82. The van der Waals surface area contributed by atoms with Crippen molar-refractivity contribution >= 4 is 5.71 Å². The van der Waals surface area contributed by atoms with Crippen LogP contribution in [0.1, 0.15) is 39.0 Å². The molecule has 0 rings (SSSR count). The molecule has 3 nitrogen and oxygen atoms in total. The van der Waals surface area contributed by atoms with E-state index in [0.29, 0.717) is 0 Å². The van der Waals surface area contributed by atoms with E-state index in [-0.39, 0.29) is 0 Å². The Bertz CT molecular complexity index is 155. The summed E-state index contributed by atoms with van der Waals surface area (Å²) in [6.45, 7) is 3.32. The molecule has 0 saturated heterocycles. The standard InChI is InChI=1S/C11H24N2O/c1-5-6-8-11(12-14-4)9-7-10-13(2)3/h5-10H2,1-4H3/b12-11-. The van der Waals surface area contributed by atoms with Gasteiger partial charge in [-0.05, 0) is 46.3 Å². The molecule has 0 aromatic heterocycles. The highest BCUT2D eigenvalue weighted by Gasteiger charge is 2.00. The lowest BCUT2D eigenvalue weighted by atomic mass is 10.1. The van der Waals surface area contributed by atoms with Crippen molar-refractivity contribution in [1.82, 2.24) is 4.90 Å². The average molecular weight is 200 g/mol. The van der Waals surface area contributed by atoms with Gasteiger partial charge in [-0.2, -0.15) is 0 Å². The van der Waals surface area contributed by atoms with Gasteiger partial charge in [0.25, 0.3) is 0 Å². The van der Waals surface area contributed by atoms with E-state index in [0.717, 1.165) is 19.4 Å². The van der Waals surface area contributed by atoms with Gasteiger partial charge in [0.05, 0.1) is 5.71 Å². The molecular weight excluding hydrogens is 176 g/mol. The van der Waals surface area contributed by atoms with E-state index >= 15 is 0 Å². The molecule has 0 heterocycles. The average Bonchev–Trinajstić information content (AvgIpc) is 2.13. The largest absolute Gasteiger partial charge is 0.399 e. The fourth-order valence-electron chi connectivity index (χ4n) is 1.33. The maximum Gasteiger partial charge on any atom is 0.106 e. The molecule has 84 valence electrons. The van der Waals surface area contributed by atoms with E-state index in [1.165, 1.54) is 25.0 Å². The zero-order valence-corrected chi connectivity index (χ0v) is 10.0. The number of rotatable bonds is 8. The molecule has 0 saturated carbocycles. The van der Waals surface area contributed by atoms with Crippen molar-refractivity contribution < 1.29 is 4.84 Å². The van der Waals surface area contributed by atoms with Crippen LogP contribution in [-0.2, 0) is 4.84 Å². The molecule has 0 amide bonds. The zero-order chi connectivity index (χ0) is 10.8. The molecule has 0 spiro atoms. The predicted molar refractivity (Wildman–Crippen MR) is 61.8 cm³/mol. The molecule has 0 atom stereocenters. The predicted octanol–water partition coefficient (Wildman–Crippen LogP) is 2.52. The Balaban J connectivity index is 3.68. The summed E-state index contributed by atoms with van der Waals surface area (Å²) in [6.07, 6.45) is 5.74. The highest BCUT2D eigenvalue weighted by atomic mass is 16.6. The van der Waals surface area contributed by atoms with Crippen LogP contribution in [0, 0.1) is 0 Å². The van der Waals surface area contributed by atoms with Crippen LogP contribution in [0.15, 0.2) is 5.16 Å². The second-order valence-electron chi connectivity index (χ2n) is 3.85. The maximum atomic E-state index is 4.83. The highest BCUT2D eigenvalue weighted by molar-refractivity contribution is 5.83. The van der Waals surface area contributed by atoms with Gasteiger partial charge in [-0.25, -0.2) is 0 Å². The van der Waals surface area contributed by atoms with Gasteiger partial charge in [-0.1, -0.05) is 18.5 Å². The number of hydrogen-bond donors (Lipinski definition) is 0. The van der Waals surface area contributed by atoms with Gasteiger partial charge in [0.1, 0.15) is 7.11 Å². The first-order chi connectivity index (χ1) is 6.70. The van der Waals surface area contributed by atoms with E-state index in [9.17, 15) is 0 Å². The molecule has 0 bridgehead atoms. The minimum absolute atomic E-state index is 1.06. The van der Waals surface area contributed by atoms with Crippen LogP contribution in [0.25, 0.3) is 0 Å². The first kappa shape index (κ1) is 13.4. The Morgan fingerprint density at radius 2 is 1.86 bits per heavy atom. The van der Waals surface area contributed by atoms with E-state index < -0.39 is 0 Å². The monoisotopic (exact) mass is 200 g/mol. The minimum Gasteiger partial charge on any atom is -0.399 e. The van der Waals surface area contributed by atoms with E-state index in [1.807, 2.05) is 0 Å². The van der Waals surface area contributed by atoms with Crippen molar-refractivity contribution in [3.63, 3.8) is 0 Å². The molecule has 0 unspecified atom stereocenters. The molecule has 0 aliphatic carbocycles. The van der Waals surface area contributed by atoms with E-state index in [1.54, 1.807) is 7.11 Å². The lowest BCUT2D eigenvalue weighted by molar-refractivity contribution is 0.211. The SMILES string of the molecule is CCCC/C(CCCN(C)C)=N/OC. The van der Waals surface area contributed by atoms with E-state index in [2.05, 4.69) is 31.1 Å². The lowest BCUT2D eigenvalue weighted by Crippen LogP contribution is -2.14. The van der Waals surface area contributed by atoms with Crippen molar-refractivity contribution in [2.45, 2.75) is 39.0 Å². The normalized spacial score (nSPS) is 12.2. The third-order valence-corrected chi connectivity index (χ3v) is 2.11. The fraction of sp³-hybridized carbons (Fsp3) is 0.909. The smallest absolute Gasteiger partial charge is 0.106 e. The Hall–Kier alpha value is -0.570. The van der Waals surface area contributed by atoms with Gasteiger partial charge in [-0.3, -0.25) is 0 Å². The third-order valence-electron chi connectivity index (χ3n) is 2.11. The van der Waals surface area contributed by atoms with Crippen molar-refractivity contribution in [2.24, 2.45) is 5.16 Å². The number of hydrogen-bond acceptors (Lipinski definition) is 3. The second kappa shape index (κ2) is 9.00. The first-order valence-corrected chi connectivity index (χ1v) is 5.44. The quantitative estimate of drug-likeness (QED) is 0.444.